The number of benzene rings is 1. The van der Waals surface area contributed by atoms with E-state index in [1.165, 1.54) is 6.42 Å². The summed E-state index contributed by atoms with van der Waals surface area (Å²) >= 11 is 2.07. The van der Waals surface area contributed by atoms with Crippen LogP contribution in [0.15, 0.2) is 24.3 Å². The lowest BCUT2D eigenvalue weighted by atomic mass is 9.92. The Morgan fingerprint density at radius 1 is 1.45 bits per heavy atom. The molecule has 0 amide bonds. The van der Waals surface area contributed by atoms with E-state index in [2.05, 4.69) is 35.7 Å². The molecule has 1 aromatic carbocycles. The fraction of sp³-hybridized carbons (Fsp3) is 0.562. The van der Waals surface area contributed by atoms with Gasteiger partial charge in [-0.05, 0) is 25.0 Å². The number of rotatable bonds is 4. The van der Waals surface area contributed by atoms with Gasteiger partial charge in [0.1, 0.15) is 0 Å². The molecule has 0 N–H and O–H groups in total. The maximum Gasteiger partial charge on any atom is 0.0995 e. The van der Waals surface area contributed by atoms with Crippen molar-refractivity contribution in [3.05, 3.63) is 35.4 Å². The van der Waals surface area contributed by atoms with Crippen LogP contribution in [-0.2, 0) is 11.3 Å². The minimum absolute atomic E-state index is 0.418. The SMILES string of the molecule is CCO[C@@H]1CSC2(C1)CN(Cc1ccccc1C#N)C2. The van der Waals surface area contributed by atoms with Crippen LogP contribution in [0.1, 0.15) is 24.5 Å². The van der Waals surface area contributed by atoms with E-state index >= 15 is 0 Å². The third-order valence-corrected chi connectivity index (χ3v) is 5.71. The number of likely N-dealkylation sites (tertiary alicyclic amines) is 1. The summed E-state index contributed by atoms with van der Waals surface area (Å²) in [7, 11) is 0. The van der Waals surface area contributed by atoms with Crippen LogP contribution in [0, 0.1) is 11.3 Å². The Balaban J connectivity index is 1.55. The van der Waals surface area contributed by atoms with E-state index in [-0.39, 0.29) is 0 Å². The number of nitriles is 1. The summed E-state index contributed by atoms with van der Waals surface area (Å²) in [5, 5.41) is 9.13. The Morgan fingerprint density at radius 3 is 3.00 bits per heavy atom. The molecule has 1 spiro atoms. The van der Waals surface area contributed by atoms with Crippen molar-refractivity contribution in [1.82, 2.24) is 4.90 Å². The molecular weight excluding hydrogens is 268 g/mol. The second kappa shape index (κ2) is 5.77. The summed E-state index contributed by atoms with van der Waals surface area (Å²) in [5.41, 5.74) is 1.95. The van der Waals surface area contributed by atoms with Gasteiger partial charge in [0.2, 0.25) is 0 Å². The van der Waals surface area contributed by atoms with Crippen molar-refractivity contribution in [3.63, 3.8) is 0 Å². The molecule has 1 atom stereocenters. The molecule has 20 heavy (non-hydrogen) atoms. The Morgan fingerprint density at radius 2 is 2.25 bits per heavy atom. The normalized spacial score (nSPS) is 24.5. The molecule has 2 heterocycles. The van der Waals surface area contributed by atoms with Gasteiger partial charge in [-0.1, -0.05) is 18.2 Å². The average Bonchev–Trinajstić information content (AvgIpc) is 2.83. The molecule has 0 saturated carbocycles. The third kappa shape index (κ3) is 2.71. The van der Waals surface area contributed by atoms with Crippen LogP contribution in [0.3, 0.4) is 0 Å². The second-order valence-electron chi connectivity index (χ2n) is 5.69. The van der Waals surface area contributed by atoms with Gasteiger partial charge >= 0.3 is 0 Å². The number of hydrogen-bond donors (Lipinski definition) is 0. The van der Waals surface area contributed by atoms with Crippen molar-refractivity contribution in [3.8, 4) is 6.07 Å². The van der Waals surface area contributed by atoms with Crippen molar-refractivity contribution >= 4 is 11.8 Å². The van der Waals surface area contributed by atoms with Crippen molar-refractivity contribution in [2.75, 3.05) is 25.4 Å². The maximum absolute atomic E-state index is 9.13. The van der Waals surface area contributed by atoms with Crippen molar-refractivity contribution in [1.29, 1.82) is 5.26 Å². The zero-order valence-corrected chi connectivity index (χ0v) is 12.7. The van der Waals surface area contributed by atoms with Gasteiger partial charge in [-0.2, -0.15) is 5.26 Å². The van der Waals surface area contributed by atoms with E-state index < -0.39 is 0 Å². The second-order valence-corrected chi connectivity index (χ2v) is 7.18. The summed E-state index contributed by atoms with van der Waals surface area (Å²) in [6, 6.07) is 10.2. The minimum Gasteiger partial charge on any atom is -0.378 e. The van der Waals surface area contributed by atoms with Gasteiger partial charge < -0.3 is 4.74 Å². The van der Waals surface area contributed by atoms with Gasteiger partial charge in [0.25, 0.3) is 0 Å². The van der Waals surface area contributed by atoms with E-state index in [1.807, 2.05) is 18.2 Å². The van der Waals surface area contributed by atoms with Crippen LogP contribution in [0.25, 0.3) is 0 Å². The molecule has 2 aliphatic rings. The zero-order chi connectivity index (χ0) is 14.0. The van der Waals surface area contributed by atoms with Crippen molar-refractivity contribution < 1.29 is 4.74 Å². The Bertz CT molecular complexity index is 519. The lowest BCUT2D eigenvalue weighted by Crippen LogP contribution is -2.58. The number of nitrogens with zero attached hydrogens (tertiary/aromatic N) is 2. The summed E-state index contributed by atoms with van der Waals surface area (Å²) in [6.07, 6.45) is 1.63. The molecule has 0 aliphatic carbocycles. The highest BCUT2D eigenvalue weighted by molar-refractivity contribution is 8.01. The molecule has 0 unspecified atom stereocenters. The maximum atomic E-state index is 9.13. The summed E-state index contributed by atoms with van der Waals surface area (Å²) in [6.45, 7) is 6.04. The molecule has 0 aromatic heterocycles. The van der Waals surface area contributed by atoms with E-state index in [9.17, 15) is 0 Å². The van der Waals surface area contributed by atoms with E-state index in [0.717, 1.165) is 43.1 Å². The quantitative estimate of drug-likeness (QED) is 0.853. The molecule has 2 saturated heterocycles. The first-order valence-electron chi connectivity index (χ1n) is 7.20. The van der Waals surface area contributed by atoms with Crippen molar-refractivity contribution in [2.24, 2.45) is 0 Å². The molecule has 1 aromatic rings. The lowest BCUT2D eigenvalue weighted by molar-refractivity contribution is 0.0417. The van der Waals surface area contributed by atoms with Gasteiger partial charge in [-0.15, -0.1) is 11.8 Å². The van der Waals surface area contributed by atoms with Crippen LogP contribution in [0.2, 0.25) is 0 Å². The first-order valence-corrected chi connectivity index (χ1v) is 8.19. The van der Waals surface area contributed by atoms with Crippen LogP contribution in [0.4, 0.5) is 0 Å². The summed E-state index contributed by atoms with van der Waals surface area (Å²) in [4.78, 5) is 2.44. The fourth-order valence-corrected chi connectivity index (χ4v) is 4.86. The molecular formula is C16H20N2OS. The molecule has 4 heteroatoms. The molecule has 2 fully saturated rings. The lowest BCUT2D eigenvalue weighted by Gasteiger charge is -2.47. The predicted molar refractivity (Wildman–Crippen MR) is 81.7 cm³/mol. The topological polar surface area (TPSA) is 36.3 Å². The molecule has 0 bridgehead atoms. The van der Waals surface area contributed by atoms with Crippen molar-refractivity contribution in [2.45, 2.75) is 30.7 Å². The predicted octanol–water partition coefficient (Wildman–Crippen LogP) is 2.65. The standard InChI is InChI=1S/C16H20N2OS/c1-2-19-15-7-16(20-10-15)11-18(12-16)9-14-6-4-3-5-13(14)8-17/h3-6,15H,2,7,9-12H2,1H3/t15-/m0/s1. The molecule has 3 rings (SSSR count). The zero-order valence-electron chi connectivity index (χ0n) is 11.8. The highest BCUT2D eigenvalue weighted by Gasteiger charge is 2.49. The van der Waals surface area contributed by atoms with Gasteiger partial charge in [0, 0.05) is 36.7 Å². The molecule has 3 nitrogen and oxygen atoms in total. The van der Waals surface area contributed by atoms with Gasteiger partial charge in [0.05, 0.1) is 17.7 Å². The molecule has 0 radical (unpaired) electrons. The first kappa shape index (κ1) is 13.9. The highest BCUT2D eigenvalue weighted by atomic mass is 32.2. The first-order chi connectivity index (χ1) is 9.74. The molecule has 2 aliphatic heterocycles. The third-order valence-electron chi connectivity index (χ3n) is 4.13. The van der Waals surface area contributed by atoms with Crippen LogP contribution >= 0.6 is 11.8 Å². The minimum atomic E-state index is 0.418. The van der Waals surface area contributed by atoms with E-state index in [4.69, 9.17) is 10.00 Å². The highest BCUT2D eigenvalue weighted by Crippen LogP contribution is 2.46. The largest absolute Gasteiger partial charge is 0.378 e. The summed E-state index contributed by atoms with van der Waals surface area (Å²) < 4.78 is 6.16. The number of hydrogen-bond acceptors (Lipinski definition) is 4. The fourth-order valence-electron chi connectivity index (χ4n) is 3.25. The number of thioether (sulfide) groups is 1. The van der Waals surface area contributed by atoms with E-state index in [0.29, 0.717) is 10.9 Å². The smallest absolute Gasteiger partial charge is 0.0995 e. The van der Waals surface area contributed by atoms with Gasteiger partial charge in [-0.25, -0.2) is 0 Å². The van der Waals surface area contributed by atoms with Gasteiger partial charge in [0.15, 0.2) is 0 Å². The average molecular weight is 288 g/mol. The van der Waals surface area contributed by atoms with Crippen LogP contribution in [-0.4, -0.2) is 41.2 Å². The monoisotopic (exact) mass is 288 g/mol. The Hall–Kier alpha value is -1.02. The van der Waals surface area contributed by atoms with Crippen LogP contribution in [0.5, 0.6) is 0 Å². The van der Waals surface area contributed by atoms with Gasteiger partial charge in [-0.3, -0.25) is 4.90 Å². The molecule has 106 valence electrons. The Kier molecular flexibility index (Phi) is 4.02. The number of ether oxygens (including phenoxy) is 1. The van der Waals surface area contributed by atoms with E-state index in [1.54, 1.807) is 0 Å². The van der Waals surface area contributed by atoms with Crippen LogP contribution < -0.4 is 0 Å². The summed E-state index contributed by atoms with van der Waals surface area (Å²) in [5.74, 6) is 1.14. The Labute approximate surface area is 124 Å².